The van der Waals surface area contributed by atoms with E-state index in [-0.39, 0.29) is 0 Å². The predicted octanol–water partition coefficient (Wildman–Crippen LogP) is 3.64. The summed E-state index contributed by atoms with van der Waals surface area (Å²) in [6.45, 7) is 4.24. The molecule has 0 amide bonds. The van der Waals surface area contributed by atoms with Gasteiger partial charge in [-0.2, -0.15) is 0 Å². The molecule has 0 aliphatic heterocycles. The highest BCUT2D eigenvalue weighted by Gasteiger charge is 2.11. The quantitative estimate of drug-likeness (QED) is 0.808. The molecule has 1 unspecified atom stereocenters. The van der Waals surface area contributed by atoms with Crippen molar-refractivity contribution in [2.75, 3.05) is 20.2 Å². The van der Waals surface area contributed by atoms with E-state index in [9.17, 15) is 5.11 Å². The van der Waals surface area contributed by atoms with E-state index in [1.165, 1.54) is 5.56 Å². The highest BCUT2D eigenvalue weighted by atomic mass is 16.5. The molecule has 0 aromatic heterocycles. The molecule has 0 radical (unpaired) electrons. The van der Waals surface area contributed by atoms with Crippen LogP contribution < -0.4 is 4.74 Å². The second-order valence-corrected chi connectivity index (χ2v) is 5.62. The minimum absolute atomic E-state index is 0.492. The fourth-order valence-corrected chi connectivity index (χ4v) is 2.37. The summed E-state index contributed by atoms with van der Waals surface area (Å²) < 4.78 is 5.56. The van der Waals surface area contributed by atoms with E-state index >= 15 is 0 Å². The standard InChI is InChI=1S/C19H25NO2/c1-3-13-22-18-11-9-17(10-12-18)19(21)15-20(2)14-16-7-5-4-6-8-16/h4-12,19,21H,3,13-15H2,1-2H3. The molecular formula is C19H25NO2. The molecule has 0 aliphatic rings. The van der Waals surface area contributed by atoms with Crippen LogP contribution in [0.1, 0.15) is 30.6 Å². The van der Waals surface area contributed by atoms with Gasteiger partial charge >= 0.3 is 0 Å². The number of rotatable bonds is 8. The second-order valence-electron chi connectivity index (χ2n) is 5.62. The molecular weight excluding hydrogens is 274 g/mol. The van der Waals surface area contributed by atoms with Crippen LogP contribution in [0.4, 0.5) is 0 Å². The number of aliphatic hydroxyl groups is 1. The summed E-state index contributed by atoms with van der Waals surface area (Å²) in [4.78, 5) is 2.13. The first-order valence-electron chi connectivity index (χ1n) is 7.82. The summed E-state index contributed by atoms with van der Waals surface area (Å²) in [5, 5.41) is 10.4. The van der Waals surface area contributed by atoms with Gasteiger partial charge in [0.1, 0.15) is 5.75 Å². The van der Waals surface area contributed by atoms with Gasteiger partial charge in [-0.3, -0.25) is 4.90 Å². The van der Waals surface area contributed by atoms with Crippen LogP contribution in [0.3, 0.4) is 0 Å². The summed E-state index contributed by atoms with van der Waals surface area (Å²) in [7, 11) is 2.02. The van der Waals surface area contributed by atoms with Gasteiger partial charge in [0.2, 0.25) is 0 Å². The zero-order chi connectivity index (χ0) is 15.8. The molecule has 2 aromatic rings. The molecule has 2 rings (SSSR count). The number of likely N-dealkylation sites (N-methyl/N-ethyl adjacent to an activating group) is 1. The van der Waals surface area contributed by atoms with Gasteiger partial charge in [0, 0.05) is 13.1 Å². The van der Waals surface area contributed by atoms with Gasteiger partial charge in [-0.25, -0.2) is 0 Å². The summed E-state index contributed by atoms with van der Waals surface area (Å²) >= 11 is 0. The fraction of sp³-hybridized carbons (Fsp3) is 0.368. The first-order valence-corrected chi connectivity index (χ1v) is 7.82. The molecule has 3 heteroatoms. The largest absolute Gasteiger partial charge is 0.494 e. The van der Waals surface area contributed by atoms with E-state index in [1.54, 1.807) is 0 Å². The maximum atomic E-state index is 10.4. The Labute approximate surface area is 133 Å². The van der Waals surface area contributed by atoms with Gasteiger partial charge in [-0.15, -0.1) is 0 Å². The third kappa shape index (κ3) is 5.17. The number of aliphatic hydroxyl groups excluding tert-OH is 1. The summed E-state index contributed by atoms with van der Waals surface area (Å²) in [5.74, 6) is 0.857. The van der Waals surface area contributed by atoms with Gasteiger partial charge in [0.15, 0.2) is 0 Å². The minimum atomic E-state index is -0.492. The van der Waals surface area contributed by atoms with E-state index in [2.05, 4.69) is 24.0 Å². The number of hydrogen-bond acceptors (Lipinski definition) is 3. The molecule has 0 saturated heterocycles. The van der Waals surface area contributed by atoms with E-state index in [1.807, 2.05) is 49.5 Å². The van der Waals surface area contributed by atoms with Gasteiger partial charge in [-0.05, 0) is 36.7 Å². The van der Waals surface area contributed by atoms with E-state index < -0.39 is 6.10 Å². The van der Waals surface area contributed by atoms with Gasteiger partial charge in [-0.1, -0.05) is 49.4 Å². The molecule has 0 bridgehead atoms. The zero-order valence-electron chi connectivity index (χ0n) is 13.4. The van der Waals surface area contributed by atoms with Crippen LogP contribution in [0.15, 0.2) is 54.6 Å². The Balaban J connectivity index is 1.87. The van der Waals surface area contributed by atoms with Crippen LogP contribution in [0.2, 0.25) is 0 Å². The zero-order valence-corrected chi connectivity index (χ0v) is 13.4. The average molecular weight is 299 g/mol. The Morgan fingerprint density at radius 3 is 2.36 bits per heavy atom. The third-order valence-electron chi connectivity index (χ3n) is 3.52. The molecule has 1 atom stereocenters. The van der Waals surface area contributed by atoms with Crippen molar-refractivity contribution in [1.82, 2.24) is 4.90 Å². The van der Waals surface area contributed by atoms with Crippen molar-refractivity contribution in [2.45, 2.75) is 26.0 Å². The fourth-order valence-electron chi connectivity index (χ4n) is 2.37. The molecule has 0 saturated carbocycles. The van der Waals surface area contributed by atoms with Crippen LogP contribution in [-0.2, 0) is 6.54 Å². The van der Waals surface area contributed by atoms with Crippen LogP contribution in [-0.4, -0.2) is 30.2 Å². The highest BCUT2D eigenvalue weighted by molar-refractivity contribution is 5.28. The van der Waals surface area contributed by atoms with Crippen LogP contribution in [0.5, 0.6) is 5.75 Å². The monoisotopic (exact) mass is 299 g/mol. The van der Waals surface area contributed by atoms with Crippen molar-refractivity contribution < 1.29 is 9.84 Å². The first-order chi connectivity index (χ1) is 10.7. The van der Waals surface area contributed by atoms with Crippen LogP contribution in [0, 0.1) is 0 Å². The van der Waals surface area contributed by atoms with Gasteiger partial charge in [0.05, 0.1) is 12.7 Å². The summed E-state index contributed by atoms with van der Waals surface area (Å²) in [6.07, 6.45) is 0.503. The Morgan fingerprint density at radius 1 is 1.05 bits per heavy atom. The summed E-state index contributed by atoms with van der Waals surface area (Å²) in [5.41, 5.74) is 2.17. The molecule has 0 fully saturated rings. The second kappa shape index (κ2) is 8.57. The molecule has 118 valence electrons. The number of ether oxygens (including phenoxy) is 1. The maximum Gasteiger partial charge on any atom is 0.119 e. The Hall–Kier alpha value is -1.84. The minimum Gasteiger partial charge on any atom is -0.494 e. The lowest BCUT2D eigenvalue weighted by molar-refractivity contribution is 0.124. The van der Waals surface area contributed by atoms with Crippen molar-refractivity contribution >= 4 is 0 Å². The Kier molecular flexibility index (Phi) is 6.44. The lowest BCUT2D eigenvalue weighted by Gasteiger charge is -2.21. The van der Waals surface area contributed by atoms with Crippen LogP contribution in [0.25, 0.3) is 0 Å². The van der Waals surface area contributed by atoms with E-state index in [0.29, 0.717) is 6.54 Å². The van der Waals surface area contributed by atoms with Crippen molar-refractivity contribution in [3.63, 3.8) is 0 Å². The molecule has 2 aromatic carbocycles. The Morgan fingerprint density at radius 2 is 1.73 bits per heavy atom. The Bertz CT molecular complexity index is 539. The van der Waals surface area contributed by atoms with Crippen LogP contribution >= 0.6 is 0 Å². The molecule has 0 spiro atoms. The molecule has 22 heavy (non-hydrogen) atoms. The van der Waals surface area contributed by atoms with Crippen molar-refractivity contribution in [3.8, 4) is 5.75 Å². The smallest absolute Gasteiger partial charge is 0.119 e. The predicted molar refractivity (Wildman–Crippen MR) is 90.0 cm³/mol. The van der Waals surface area contributed by atoms with Crippen molar-refractivity contribution in [3.05, 3.63) is 65.7 Å². The van der Waals surface area contributed by atoms with E-state index in [4.69, 9.17) is 4.74 Å². The summed E-state index contributed by atoms with van der Waals surface area (Å²) in [6, 6.07) is 18.0. The van der Waals surface area contributed by atoms with Crippen molar-refractivity contribution in [2.24, 2.45) is 0 Å². The van der Waals surface area contributed by atoms with Crippen molar-refractivity contribution in [1.29, 1.82) is 0 Å². The topological polar surface area (TPSA) is 32.7 Å². The number of benzene rings is 2. The lowest BCUT2D eigenvalue weighted by atomic mass is 10.1. The highest BCUT2D eigenvalue weighted by Crippen LogP contribution is 2.19. The molecule has 1 N–H and O–H groups in total. The molecule has 0 heterocycles. The SMILES string of the molecule is CCCOc1ccc(C(O)CN(C)Cc2ccccc2)cc1. The van der Waals surface area contributed by atoms with Gasteiger partial charge < -0.3 is 9.84 Å². The maximum absolute atomic E-state index is 10.4. The molecule has 0 aliphatic carbocycles. The first kappa shape index (κ1) is 16.5. The normalized spacial score (nSPS) is 12.4. The van der Waals surface area contributed by atoms with Gasteiger partial charge in [0.25, 0.3) is 0 Å². The third-order valence-corrected chi connectivity index (χ3v) is 3.52. The number of hydrogen-bond donors (Lipinski definition) is 1. The van der Waals surface area contributed by atoms with E-state index in [0.717, 1.165) is 30.9 Å². The number of nitrogens with zero attached hydrogens (tertiary/aromatic N) is 1. The lowest BCUT2D eigenvalue weighted by Crippen LogP contribution is -2.24. The molecule has 3 nitrogen and oxygen atoms in total. The average Bonchev–Trinajstić information content (AvgIpc) is 2.54.